The van der Waals surface area contributed by atoms with Gasteiger partial charge < -0.3 is 17.1 Å². The molecular formula is C18H21N2O2S2V-. The fourth-order valence-corrected chi connectivity index (χ4v) is 3.79. The number of thiocarbonyl (C=S) groups is 1. The molecule has 0 saturated carbocycles. The van der Waals surface area contributed by atoms with Gasteiger partial charge in [-0.1, -0.05) is 48.3 Å². The molecule has 1 aliphatic carbocycles. The minimum Gasteiger partial charge on any atom is -0.469 e. The number of hydrogen-bond acceptors (Lipinski definition) is 5. The third-order valence-electron chi connectivity index (χ3n) is 3.94. The van der Waals surface area contributed by atoms with E-state index in [1.54, 1.807) is 7.05 Å². The molecular weight excluding hydrogens is 391 g/mol. The zero-order valence-electron chi connectivity index (χ0n) is 14.7. The van der Waals surface area contributed by atoms with E-state index in [2.05, 4.69) is 17.1 Å². The molecule has 0 aromatic rings. The van der Waals surface area contributed by atoms with Crippen molar-refractivity contribution in [3.63, 3.8) is 0 Å². The van der Waals surface area contributed by atoms with Gasteiger partial charge in [0.2, 0.25) is 0 Å². The second-order valence-electron chi connectivity index (χ2n) is 5.61. The van der Waals surface area contributed by atoms with E-state index < -0.39 is 0 Å². The number of likely N-dealkylation sites (N-methyl/N-ethyl adjacent to an activating group) is 2. The summed E-state index contributed by atoms with van der Waals surface area (Å²) in [7, 11) is 3.72. The molecule has 2 saturated heterocycles. The maximum atomic E-state index is 12.0. The molecule has 2 fully saturated rings. The van der Waals surface area contributed by atoms with Crippen molar-refractivity contribution in [2.75, 3.05) is 14.1 Å². The molecule has 0 N–H and O–H groups in total. The second kappa shape index (κ2) is 8.94. The van der Waals surface area contributed by atoms with E-state index in [0.29, 0.717) is 9.23 Å². The van der Waals surface area contributed by atoms with Crippen molar-refractivity contribution in [1.29, 1.82) is 0 Å². The van der Waals surface area contributed by atoms with Gasteiger partial charge in [0.05, 0.1) is 10.9 Å². The predicted molar refractivity (Wildman–Crippen MR) is 104 cm³/mol. The van der Waals surface area contributed by atoms with Crippen molar-refractivity contribution in [2.24, 2.45) is 0 Å². The molecule has 0 aromatic heterocycles. The average molecular weight is 412 g/mol. The van der Waals surface area contributed by atoms with Crippen LogP contribution in [0.15, 0.2) is 58.9 Å². The minimum atomic E-state index is -0.0454. The van der Waals surface area contributed by atoms with Crippen molar-refractivity contribution < 1.29 is 28.1 Å². The van der Waals surface area contributed by atoms with Crippen LogP contribution in [0, 0.1) is 7.43 Å². The Hall–Kier alpha value is -1.21. The Morgan fingerprint density at radius 1 is 1.32 bits per heavy atom. The fourth-order valence-electron chi connectivity index (χ4n) is 2.56. The van der Waals surface area contributed by atoms with Crippen molar-refractivity contribution in [3.05, 3.63) is 66.3 Å². The van der Waals surface area contributed by atoms with Crippen LogP contribution in [0.4, 0.5) is 0 Å². The second-order valence-corrected chi connectivity index (χ2v) is 7.29. The van der Waals surface area contributed by atoms with Gasteiger partial charge in [-0.25, -0.2) is 0 Å². The van der Waals surface area contributed by atoms with Crippen LogP contribution >= 0.6 is 24.0 Å². The van der Waals surface area contributed by atoms with Crippen LogP contribution in [0.1, 0.15) is 6.92 Å². The van der Waals surface area contributed by atoms with Gasteiger partial charge in [0, 0.05) is 32.7 Å². The Kier molecular flexibility index (Phi) is 7.81. The van der Waals surface area contributed by atoms with E-state index in [9.17, 15) is 4.79 Å². The van der Waals surface area contributed by atoms with Crippen molar-refractivity contribution in [2.45, 2.75) is 19.1 Å². The van der Waals surface area contributed by atoms with E-state index in [0.717, 1.165) is 11.5 Å². The first-order chi connectivity index (χ1) is 11.0. The molecule has 133 valence electrons. The predicted octanol–water partition coefficient (Wildman–Crippen LogP) is 3.42. The zero-order chi connectivity index (χ0) is 16.6. The summed E-state index contributed by atoms with van der Waals surface area (Å²) in [4.78, 5) is 16.3. The maximum absolute atomic E-state index is 12.0. The molecule has 0 bridgehead atoms. The van der Waals surface area contributed by atoms with Crippen LogP contribution in [0.5, 0.6) is 0 Å². The van der Waals surface area contributed by atoms with Crippen LogP contribution < -0.4 is 0 Å². The van der Waals surface area contributed by atoms with Crippen LogP contribution in [0.25, 0.3) is 0 Å². The first-order valence-electron chi connectivity index (χ1n) is 7.32. The van der Waals surface area contributed by atoms with Crippen molar-refractivity contribution in [3.8, 4) is 0 Å². The third kappa shape index (κ3) is 4.50. The van der Waals surface area contributed by atoms with Crippen LogP contribution in [-0.4, -0.2) is 46.3 Å². The summed E-state index contributed by atoms with van der Waals surface area (Å²) in [6, 6.07) is 0.247. The molecule has 0 aromatic carbocycles. The Morgan fingerprint density at radius 3 is 2.60 bits per heavy atom. The van der Waals surface area contributed by atoms with Crippen LogP contribution in [0.3, 0.4) is 0 Å². The molecule has 25 heavy (non-hydrogen) atoms. The Morgan fingerprint density at radius 2 is 2.00 bits per heavy atom. The number of hydrogen-bond donors (Lipinski definition) is 0. The van der Waals surface area contributed by atoms with Gasteiger partial charge in [-0.05, 0) is 30.7 Å². The summed E-state index contributed by atoms with van der Waals surface area (Å²) >= 11 is 6.46. The largest absolute Gasteiger partial charge is 0.469 e. The van der Waals surface area contributed by atoms with E-state index in [-0.39, 0.29) is 44.0 Å². The summed E-state index contributed by atoms with van der Waals surface area (Å²) in [5, 5.41) is 0. The molecule has 1 radical (unpaired) electrons. The van der Waals surface area contributed by atoms with E-state index in [4.69, 9.17) is 17.0 Å². The van der Waals surface area contributed by atoms with Gasteiger partial charge >= 0.3 is 0 Å². The molecule has 1 amide bonds. The van der Waals surface area contributed by atoms with E-state index in [1.807, 2.05) is 44.4 Å². The summed E-state index contributed by atoms with van der Waals surface area (Å²) in [6.07, 6.45) is 14.1. The number of allylic oxidation sites excluding steroid dienone is 6. The zero-order valence-corrected chi connectivity index (χ0v) is 17.7. The Labute approximate surface area is 171 Å². The standard InChI is InChI=1S/C17H18N2O2S2.CH3.V/c1-11(10-14-16(20)19(3)17(22)23-14)8-9-15-18(2)12-6-4-5-7-13(12)21-15;;/h4-10,12-13H,1-3H3;1H3;/q;-1;/b11-8?,14-10+,15-9?;;. The minimum absolute atomic E-state index is 0. The SMILES string of the molecule is CC(=CC=C1OC2C=CC=CC2N1C)/C=C1/SC(=S)N(C)C1=O.[CH3-].[V]. The number of nitrogens with zero attached hydrogens (tertiary/aromatic N) is 2. The third-order valence-corrected chi connectivity index (χ3v) is 5.43. The monoisotopic (exact) mass is 412 g/mol. The maximum Gasteiger partial charge on any atom is 0.265 e. The number of rotatable bonds is 2. The van der Waals surface area contributed by atoms with E-state index in [1.165, 1.54) is 16.7 Å². The molecule has 2 heterocycles. The molecule has 2 atom stereocenters. The first kappa shape index (κ1) is 21.8. The molecule has 2 aliphatic heterocycles. The van der Waals surface area contributed by atoms with Gasteiger partial charge in [0.15, 0.2) is 5.88 Å². The normalized spacial score (nSPS) is 28.2. The number of ether oxygens (including phenoxy) is 1. The number of fused-ring (bicyclic) bond motifs is 1. The molecule has 0 spiro atoms. The summed E-state index contributed by atoms with van der Waals surface area (Å²) in [5.41, 5.74) is 0.976. The van der Waals surface area contributed by atoms with Gasteiger partial charge in [0.1, 0.15) is 10.4 Å². The van der Waals surface area contributed by atoms with Crippen LogP contribution in [0.2, 0.25) is 0 Å². The van der Waals surface area contributed by atoms with Gasteiger partial charge in [-0.2, -0.15) is 0 Å². The fraction of sp³-hybridized carbons (Fsp3) is 0.278. The number of carbonyl (C=O) groups excluding carboxylic acids is 1. The molecule has 4 nitrogen and oxygen atoms in total. The molecule has 3 aliphatic rings. The summed E-state index contributed by atoms with van der Waals surface area (Å²) in [5.74, 6) is 0.780. The smallest absolute Gasteiger partial charge is 0.265 e. The number of carbonyl (C=O) groups is 1. The topological polar surface area (TPSA) is 32.8 Å². The Balaban J connectivity index is 0.00000156. The molecule has 2 unspecified atom stereocenters. The molecule has 7 heteroatoms. The average Bonchev–Trinajstić information content (AvgIpc) is 2.98. The van der Waals surface area contributed by atoms with Crippen LogP contribution in [-0.2, 0) is 28.1 Å². The van der Waals surface area contributed by atoms with E-state index >= 15 is 0 Å². The first-order valence-corrected chi connectivity index (χ1v) is 8.54. The number of amides is 1. The Bertz CT molecular complexity index is 710. The quantitative estimate of drug-likeness (QED) is 0.394. The van der Waals surface area contributed by atoms with Crippen molar-refractivity contribution in [1.82, 2.24) is 9.80 Å². The summed E-state index contributed by atoms with van der Waals surface area (Å²) in [6.45, 7) is 1.96. The van der Waals surface area contributed by atoms with Gasteiger partial charge in [-0.3, -0.25) is 9.69 Å². The molecule has 3 rings (SSSR count). The number of thioether (sulfide) groups is 1. The summed E-state index contributed by atoms with van der Waals surface area (Å²) < 4.78 is 6.53. The van der Waals surface area contributed by atoms with Crippen molar-refractivity contribution >= 4 is 34.2 Å². The van der Waals surface area contributed by atoms with Gasteiger partial charge in [0.25, 0.3) is 5.91 Å². The van der Waals surface area contributed by atoms with Gasteiger partial charge in [-0.15, -0.1) is 0 Å².